The van der Waals surface area contributed by atoms with Crippen molar-refractivity contribution in [1.82, 2.24) is 0 Å². The van der Waals surface area contributed by atoms with Gasteiger partial charge in [-0.3, -0.25) is 0 Å². The number of hydrogen-bond acceptors (Lipinski definition) is 3. The molecule has 5 aliphatic carbocycles. The third-order valence-electron chi connectivity index (χ3n) is 14.0. The van der Waals surface area contributed by atoms with Crippen LogP contribution < -0.4 is 0 Å². The number of phenolic OH excluding ortho intramolecular Hbond substituents is 1. The van der Waals surface area contributed by atoms with Crippen LogP contribution in [-0.4, -0.2) is 17.2 Å². The Morgan fingerprint density at radius 2 is 1.62 bits per heavy atom. The number of rotatable bonds is 8. The van der Waals surface area contributed by atoms with Gasteiger partial charge in [-0.05, 0) is 153 Å². The molecule has 0 aromatic heterocycles. The van der Waals surface area contributed by atoms with Crippen molar-refractivity contribution < 1.29 is 14.6 Å². The molecule has 5 fully saturated rings. The lowest BCUT2D eigenvalue weighted by molar-refractivity contribution is -0.171. The fourth-order valence-electron chi connectivity index (χ4n) is 11.6. The van der Waals surface area contributed by atoms with Crippen LogP contribution in [0.4, 0.5) is 0 Å². The summed E-state index contributed by atoms with van der Waals surface area (Å²) >= 11 is 0. The lowest BCUT2D eigenvalue weighted by atomic mass is 9.46. The summed E-state index contributed by atoms with van der Waals surface area (Å²) in [5.74, 6) is 8.41. The molecule has 3 heteroatoms. The van der Waals surface area contributed by atoms with E-state index in [-0.39, 0.29) is 23.2 Å². The quantitative estimate of drug-likeness (QED) is 0.192. The lowest BCUT2D eigenvalue weighted by Gasteiger charge is -2.60. The number of phenols is 1. The maximum atomic E-state index is 12.9. The van der Waals surface area contributed by atoms with E-state index in [2.05, 4.69) is 48.1 Å². The van der Waals surface area contributed by atoms with E-state index in [0.717, 1.165) is 59.3 Å². The number of carbonyl (C=O) groups excluding carboxylic acids is 1. The van der Waals surface area contributed by atoms with Crippen molar-refractivity contribution in [3.63, 3.8) is 0 Å². The molecule has 5 aliphatic rings. The molecule has 6 rings (SSSR count). The smallest absolute Gasteiger partial charge is 0.331 e. The van der Waals surface area contributed by atoms with E-state index in [9.17, 15) is 9.90 Å². The summed E-state index contributed by atoms with van der Waals surface area (Å²) in [4.78, 5) is 12.9. The largest absolute Gasteiger partial charge is 0.508 e. The first-order chi connectivity index (χ1) is 19.9. The predicted molar refractivity (Wildman–Crippen MR) is 172 cm³/mol. The molecule has 0 unspecified atom stereocenters. The molecule has 0 spiro atoms. The van der Waals surface area contributed by atoms with E-state index < -0.39 is 0 Å². The third-order valence-corrected chi connectivity index (χ3v) is 14.0. The molecule has 0 amide bonds. The molecule has 0 aliphatic heterocycles. The number of esters is 1. The van der Waals surface area contributed by atoms with Crippen molar-refractivity contribution in [2.24, 2.45) is 70.0 Å². The minimum Gasteiger partial charge on any atom is -0.508 e. The summed E-state index contributed by atoms with van der Waals surface area (Å²) in [5, 5.41) is 9.52. The lowest BCUT2D eigenvalue weighted by Crippen LogP contribution is -2.56. The predicted octanol–water partition coefficient (Wildman–Crippen LogP) is 9.71. The molecule has 1 aromatic rings. The van der Waals surface area contributed by atoms with Gasteiger partial charge < -0.3 is 9.84 Å². The second-order valence-corrected chi connectivity index (χ2v) is 16.3. The Hall–Kier alpha value is -2.03. The first-order valence-electron chi connectivity index (χ1n) is 17.3. The molecule has 5 saturated carbocycles. The highest BCUT2D eigenvalue weighted by molar-refractivity contribution is 5.87. The van der Waals surface area contributed by atoms with Gasteiger partial charge in [0, 0.05) is 11.5 Å². The van der Waals surface area contributed by atoms with E-state index in [4.69, 9.17) is 4.74 Å². The highest BCUT2D eigenvalue weighted by Crippen LogP contribution is 2.76. The van der Waals surface area contributed by atoms with Crippen LogP contribution >= 0.6 is 0 Å². The van der Waals surface area contributed by atoms with Crippen molar-refractivity contribution in [1.29, 1.82) is 0 Å². The second-order valence-electron chi connectivity index (χ2n) is 16.3. The summed E-state index contributed by atoms with van der Waals surface area (Å²) in [6, 6.07) is 6.90. The molecule has 42 heavy (non-hydrogen) atoms. The van der Waals surface area contributed by atoms with Crippen molar-refractivity contribution >= 4 is 12.0 Å². The summed E-state index contributed by atoms with van der Waals surface area (Å²) in [6.07, 6.45) is 15.3. The average molecular weight is 573 g/mol. The maximum absolute atomic E-state index is 12.9. The summed E-state index contributed by atoms with van der Waals surface area (Å²) in [7, 11) is 0. The van der Waals surface area contributed by atoms with Crippen LogP contribution in [0.5, 0.6) is 5.75 Å². The fraction of sp³-hybridized carbons (Fsp3) is 0.718. The number of allylic oxidation sites excluding steroid dienone is 1. The average Bonchev–Trinajstić information content (AvgIpc) is 3.68. The monoisotopic (exact) mass is 572 g/mol. The zero-order chi connectivity index (χ0) is 30.0. The molecule has 12 atom stereocenters. The molecular weight excluding hydrogens is 516 g/mol. The SMILES string of the molecule is C=C(C)[C@@H](C)CC[C@H](C)[C@H]1CC[C@@H]2[C@@H]3CC[C@H]4[C@@H](CC[C@@H](OC(=O)/C=C/c5ccc(O)cc5)C4(C)C)[C@H]3[C@H]3C[C@H]3[C@@]21C. The summed E-state index contributed by atoms with van der Waals surface area (Å²) in [6.45, 7) is 18.9. The van der Waals surface area contributed by atoms with Gasteiger partial charge in [0.25, 0.3) is 0 Å². The number of aromatic hydroxyl groups is 1. The molecular formula is C39H56O3. The van der Waals surface area contributed by atoms with Crippen LogP contribution in [0.3, 0.4) is 0 Å². The van der Waals surface area contributed by atoms with Crippen LogP contribution in [0.2, 0.25) is 0 Å². The summed E-state index contributed by atoms with van der Waals surface area (Å²) in [5.41, 5.74) is 2.79. The van der Waals surface area contributed by atoms with Gasteiger partial charge in [-0.25, -0.2) is 4.79 Å². The number of benzene rings is 1. The van der Waals surface area contributed by atoms with E-state index >= 15 is 0 Å². The van der Waals surface area contributed by atoms with Gasteiger partial charge in [0.05, 0.1) is 0 Å². The van der Waals surface area contributed by atoms with Crippen LogP contribution in [-0.2, 0) is 9.53 Å². The highest BCUT2D eigenvalue weighted by Gasteiger charge is 2.70. The maximum Gasteiger partial charge on any atom is 0.331 e. The minimum atomic E-state index is -0.243. The molecule has 0 heterocycles. The Balaban J connectivity index is 1.12. The van der Waals surface area contributed by atoms with E-state index in [1.807, 2.05) is 12.1 Å². The van der Waals surface area contributed by atoms with Crippen LogP contribution in [0.1, 0.15) is 105 Å². The van der Waals surface area contributed by atoms with Crippen LogP contribution in [0.15, 0.2) is 42.5 Å². The number of hydrogen-bond donors (Lipinski definition) is 1. The molecule has 3 nitrogen and oxygen atoms in total. The molecule has 0 saturated heterocycles. The van der Waals surface area contributed by atoms with Crippen molar-refractivity contribution in [2.75, 3.05) is 0 Å². The topological polar surface area (TPSA) is 46.5 Å². The Labute approximate surface area is 255 Å². The number of carbonyl (C=O) groups is 1. The zero-order valence-electron chi connectivity index (χ0n) is 27.1. The van der Waals surface area contributed by atoms with Crippen LogP contribution in [0, 0.1) is 70.0 Å². The standard InChI is InChI=1S/C39H56O3/c1-23(2)24(3)8-9-25(4)31-18-19-33-29-15-17-32-28(37(29)30-22-34(30)39(31,33)7)16-20-35(38(32,5)6)42-36(41)21-12-26-10-13-27(40)14-11-26/h10-14,21,24-25,28-35,37,40H,1,8-9,15-20,22H2,2-7H3/b21-12+/t24-,25-,28+,29-,30-,31+,32-,33+,34+,35+,37+,39+/m0/s1. The van der Waals surface area contributed by atoms with Crippen LogP contribution in [0.25, 0.3) is 6.08 Å². The normalized spacial score (nSPS) is 41.1. The Morgan fingerprint density at radius 1 is 0.952 bits per heavy atom. The van der Waals surface area contributed by atoms with Crippen molar-refractivity contribution in [3.8, 4) is 5.75 Å². The number of ether oxygens (including phenoxy) is 1. The second kappa shape index (κ2) is 11.2. The number of fused-ring (bicyclic) bond motifs is 8. The molecule has 230 valence electrons. The van der Waals surface area contributed by atoms with Gasteiger partial charge in [-0.2, -0.15) is 0 Å². The van der Waals surface area contributed by atoms with Gasteiger partial charge in [0.2, 0.25) is 0 Å². The van der Waals surface area contributed by atoms with E-state index in [1.165, 1.54) is 56.9 Å². The van der Waals surface area contributed by atoms with Crippen molar-refractivity contribution in [2.45, 2.75) is 105 Å². The minimum absolute atomic E-state index is 0.00770. The molecule has 0 bridgehead atoms. The zero-order valence-corrected chi connectivity index (χ0v) is 27.1. The Kier molecular flexibility index (Phi) is 7.97. The summed E-state index contributed by atoms with van der Waals surface area (Å²) < 4.78 is 6.17. The first-order valence-corrected chi connectivity index (χ1v) is 17.3. The van der Waals surface area contributed by atoms with Gasteiger partial charge in [0.15, 0.2) is 0 Å². The molecule has 0 radical (unpaired) electrons. The van der Waals surface area contributed by atoms with E-state index in [1.54, 1.807) is 24.3 Å². The van der Waals surface area contributed by atoms with E-state index in [0.29, 0.717) is 17.3 Å². The Bertz CT molecular complexity index is 1190. The van der Waals surface area contributed by atoms with Gasteiger partial charge in [-0.1, -0.05) is 58.9 Å². The van der Waals surface area contributed by atoms with Gasteiger partial charge in [-0.15, -0.1) is 0 Å². The highest BCUT2D eigenvalue weighted by atomic mass is 16.5. The molecule has 1 N–H and O–H groups in total. The van der Waals surface area contributed by atoms with Gasteiger partial charge >= 0.3 is 5.97 Å². The van der Waals surface area contributed by atoms with Gasteiger partial charge in [0.1, 0.15) is 11.9 Å². The Morgan fingerprint density at radius 3 is 2.33 bits per heavy atom. The fourth-order valence-corrected chi connectivity index (χ4v) is 11.6. The van der Waals surface area contributed by atoms with Crippen molar-refractivity contribution in [3.05, 3.63) is 48.1 Å². The molecule has 1 aromatic carbocycles. The first kappa shape index (κ1) is 30.0. The third kappa shape index (κ3) is 5.09.